The third-order valence-corrected chi connectivity index (χ3v) is 4.47. The summed E-state index contributed by atoms with van der Waals surface area (Å²) < 4.78 is 0. The molecule has 1 heterocycles. The van der Waals surface area contributed by atoms with Gasteiger partial charge in [0.05, 0.1) is 12.1 Å². The van der Waals surface area contributed by atoms with E-state index in [1.54, 1.807) is 11.1 Å². The maximum Gasteiger partial charge on any atom is 0.222 e. The van der Waals surface area contributed by atoms with Crippen molar-refractivity contribution in [1.82, 2.24) is 10.2 Å². The number of hydrogen-bond donors (Lipinski definition) is 2. The molecule has 1 aliphatic carbocycles. The molecule has 0 spiro atoms. The van der Waals surface area contributed by atoms with Crippen molar-refractivity contribution in [2.75, 3.05) is 13.1 Å². The predicted octanol–water partition coefficient (Wildman–Crippen LogP) is 2.57. The number of carbonyl (C=O) groups is 2. The fraction of sp³-hybridized carbons (Fsp3) is 0.714. The van der Waals surface area contributed by atoms with E-state index in [0.29, 0.717) is 18.7 Å². The molecule has 2 aliphatic rings. The van der Waals surface area contributed by atoms with E-state index in [9.17, 15) is 9.59 Å². The lowest BCUT2D eigenvalue weighted by molar-refractivity contribution is -0.136. The summed E-state index contributed by atoms with van der Waals surface area (Å²) in [5, 5.41) is 10.3. The Balaban J connectivity index is 0.000000528. The van der Waals surface area contributed by atoms with Gasteiger partial charge in [0, 0.05) is 18.9 Å². The maximum atomic E-state index is 12.0. The Morgan fingerprint density at radius 3 is 2.39 bits per heavy atom. The van der Waals surface area contributed by atoms with Gasteiger partial charge in [-0.05, 0) is 46.5 Å². The van der Waals surface area contributed by atoms with E-state index in [0.717, 1.165) is 38.6 Å². The van der Waals surface area contributed by atoms with Gasteiger partial charge in [0.1, 0.15) is 0 Å². The third-order valence-electron chi connectivity index (χ3n) is 4.47. The number of Topliss-reactive ketones (excluding diaryl/α,β-unsaturated/α-hetero) is 1. The molecule has 0 atom stereocenters. The zero-order valence-electron chi connectivity index (χ0n) is 17.5. The Bertz CT molecular complexity index is 578. The first-order chi connectivity index (χ1) is 13.2. The largest absolute Gasteiger partial charge is 0.369 e. The highest BCUT2D eigenvalue weighted by Gasteiger charge is 2.26. The number of hydrogen-bond acceptors (Lipinski definition) is 4. The molecule has 0 bridgehead atoms. The van der Waals surface area contributed by atoms with Crippen LogP contribution in [0.25, 0.3) is 0 Å². The molecule has 0 aromatic rings. The summed E-state index contributed by atoms with van der Waals surface area (Å²) in [6, 6.07) is 0. The van der Waals surface area contributed by atoms with Crippen molar-refractivity contribution >= 4 is 17.6 Å². The normalized spacial score (nSPS) is 17.9. The number of nitriles is 1. The first-order valence-corrected chi connectivity index (χ1v) is 9.87. The van der Waals surface area contributed by atoms with Crippen LogP contribution >= 0.6 is 0 Å². The number of nitrogens with zero attached hydrogens (tertiary/aromatic N) is 3. The second-order valence-corrected chi connectivity index (χ2v) is 7.98. The Kier molecular flexibility index (Phi) is 12.4. The zero-order valence-corrected chi connectivity index (χ0v) is 17.5. The van der Waals surface area contributed by atoms with Gasteiger partial charge in [-0.1, -0.05) is 19.3 Å². The molecule has 1 aliphatic heterocycles. The van der Waals surface area contributed by atoms with Crippen LogP contribution in [0, 0.1) is 30.2 Å². The molecule has 3 N–H and O–H groups in total. The van der Waals surface area contributed by atoms with Crippen molar-refractivity contribution < 1.29 is 9.59 Å². The monoisotopic (exact) mass is 389 g/mol. The van der Waals surface area contributed by atoms with E-state index < -0.39 is 0 Å². The summed E-state index contributed by atoms with van der Waals surface area (Å²) in [7, 11) is 0. The summed E-state index contributed by atoms with van der Waals surface area (Å²) in [6.45, 7) is 6.87. The summed E-state index contributed by atoms with van der Waals surface area (Å²) in [6.07, 6.45) is 18.0. The molecule has 1 saturated carbocycles. The molecule has 2 fully saturated rings. The molecule has 0 radical (unpaired) electrons. The van der Waals surface area contributed by atoms with Crippen LogP contribution in [0.4, 0.5) is 0 Å². The standard InChI is InChI=1S/C13H21NO2.C6H12N4.C2H2/c15-12(11-6-3-4-7-11)10-14-9-5-1-2-8-13(14)16;1-6(2,3)10-5(8)9-4-7;1-2/h11H,1-10H2;1-3H3,(H3,8,9,10);1-2H. The molecule has 0 unspecified atom stereocenters. The number of guanidine groups is 1. The number of likely N-dealkylation sites (tertiary alicyclic amines) is 1. The van der Waals surface area contributed by atoms with E-state index in [4.69, 9.17) is 11.0 Å². The SMILES string of the molecule is C#C.CC(C)(C)N=C(N)NC#N.O=C(CN1CCCCCC1=O)C1CCCC1. The van der Waals surface area contributed by atoms with Crippen molar-refractivity contribution in [3.63, 3.8) is 0 Å². The van der Waals surface area contributed by atoms with E-state index in [2.05, 4.69) is 23.2 Å². The van der Waals surface area contributed by atoms with Gasteiger partial charge in [-0.2, -0.15) is 5.26 Å². The fourth-order valence-electron chi connectivity index (χ4n) is 3.22. The smallest absolute Gasteiger partial charge is 0.222 e. The van der Waals surface area contributed by atoms with Crippen LogP contribution < -0.4 is 11.1 Å². The molecule has 2 rings (SSSR count). The number of carbonyl (C=O) groups excluding carboxylic acids is 2. The summed E-state index contributed by atoms with van der Waals surface area (Å²) >= 11 is 0. The van der Waals surface area contributed by atoms with Crippen LogP contribution in [0.3, 0.4) is 0 Å². The highest BCUT2D eigenvalue weighted by molar-refractivity contribution is 5.87. The van der Waals surface area contributed by atoms with Crippen molar-refractivity contribution in [2.45, 2.75) is 77.7 Å². The summed E-state index contributed by atoms with van der Waals surface area (Å²) in [5.74, 6) is 0.891. The second-order valence-electron chi connectivity index (χ2n) is 7.98. The van der Waals surface area contributed by atoms with Crippen molar-refractivity contribution in [1.29, 1.82) is 5.26 Å². The number of ketones is 1. The van der Waals surface area contributed by atoms with Gasteiger partial charge in [0.15, 0.2) is 12.0 Å². The third kappa shape index (κ3) is 11.2. The molecule has 7 nitrogen and oxygen atoms in total. The molecule has 0 aromatic carbocycles. The van der Waals surface area contributed by atoms with Crippen LogP contribution in [0.2, 0.25) is 0 Å². The molecular weight excluding hydrogens is 354 g/mol. The highest BCUT2D eigenvalue weighted by Crippen LogP contribution is 2.26. The maximum absolute atomic E-state index is 12.0. The number of nitrogens with two attached hydrogens (primary N) is 1. The minimum atomic E-state index is -0.228. The average Bonchev–Trinajstić information content (AvgIpc) is 3.08. The minimum Gasteiger partial charge on any atom is -0.369 e. The number of aliphatic imine (C=N–C) groups is 1. The molecule has 28 heavy (non-hydrogen) atoms. The number of rotatable bonds is 3. The van der Waals surface area contributed by atoms with Gasteiger partial charge in [-0.3, -0.25) is 14.9 Å². The van der Waals surface area contributed by atoms with Crippen LogP contribution in [-0.2, 0) is 9.59 Å². The zero-order chi connectivity index (χ0) is 21.6. The number of amides is 1. The Hall–Kier alpha value is -2.54. The molecule has 1 saturated heterocycles. The first-order valence-electron chi connectivity index (χ1n) is 9.87. The predicted molar refractivity (Wildman–Crippen MR) is 112 cm³/mol. The second kappa shape index (κ2) is 13.6. The lowest BCUT2D eigenvalue weighted by Crippen LogP contribution is -2.37. The molecule has 7 heteroatoms. The number of terminal acetylenes is 1. The van der Waals surface area contributed by atoms with Crippen molar-refractivity contribution in [3.05, 3.63) is 0 Å². The highest BCUT2D eigenvalue weighted by atomic mass is 16.2. The topological polar surface area (TPSA) is 112 Å². The molecular formula is C21H35N5O2. The fourth-order valence-corrected chi connectivity index (χ4v) is 3.22. The van der Waals surface area contributed by atoms with E-state index in [1.807, 2.05) is 20.8 Å². The van der Waals surface area contributed by atoms with Gasteiger partial charge in [0.25, 0.3) is 0 Å². The summed E-state index contributed by atoms with van der Waals surface area (Å²) in [5.41, 5.74) is 5.06. The first kappa shape index (κ1) is 25.5. The van der Waals surface area contributed by atoms with Gasteiger partial charge < -0.3 is 10.6 Å². The summed E-state index contributed by atoms with van der Waals surface area (Å²) in [4.78, 5) is 29.5. The molecule has 1 amide bonds. The molecule has 0 aromatic heterocycles. The lowest BCUT2D eigenvalue weighted by Gasteiger charge is -2.21. The van der Waals surface area contributed by atoms with E-state index in [1.165, 1.54) is 12.8 Å². The minimum absolute atomic E-state index is 0.162. The quantitative estimate of drug-likeness (QED) is 0.253. The number of nitrogens with one attached hydrogen (secondary N) is 1. The Morgan fingerprint density at radius 1 is 1.25 bits per heavy atom. The Labute approximate surface area is 169 Å². The van der Waals surface area contributed by atoms with Crippen LogP contribution in [0.5, 0.6) is 0 Å². The van der Waals surface area contributed by atoms with Crippen LogP contribution in [0.15, 0.2) is 4.99 Å². The van der Waals surface area contributed by atoms with E-state index in [-0.39, 0.29) is 23.3 Å². The van der Waals surface area contributed by atoms with Crippen LogP contribution in [-0.4, -0.2) is 41.2 Å². The van der Waals surface area contributed by atoms with Gasteiger partial charge in [-0.15, -0.1) is 12.8 Å². The van der Waals surface area contributed by atoms with Crippen LogP contribution in [0.1, 0.15) is 72.1 Å². The molecule has 156 valence electrons. The van der Waals surface area contributed by atoms with Crippen molar-refractivity contribution in [3.8, 4) is 19.0 Å². The van der Waals surface area contributed by atoms with Gasteiger partial charge in [-0.25, -0.2) is 4.99 Å². The lowest BCUT2D eigenvalue weighted by atomic mass is 10.0. The van der Waals surface area contributed by atoms with Crippen molar-refractivity contribution in [2.24, 2.45) is 16.6 Å². The van der Waals surface area contributed by atoms with Gasteiger partial charge in [0.2, 0.25) is 11.9 Å². The Morgan fingerprint density at radius 2 is 1.86 bits per heavy atom. The van der Waals surface area contributed by atoms with Gasteiger partial charge >= 0.3 is 0 Å². The average molecular weight is 390 g/mol. The van der Waals surface area contributed by atoms with E-state index >= 15 is 0 Å².